The Morgan fingerprint density at radius 3 is 3.00 bits per heavy atom. The second-order valence-corrected chi connectivity index (χ2v) is 5.23. The van der Waals surface area contributed by atoms with E-state index >= 15 is 0 Å². The maximum Gasteiger partial charge on any atom is 0.114 e. The van der Waals surface area contributed by atoms with Gasteiger partial charge in [-0.3, -0.25) is 0 Å². The molecule has 0 amide bonds. The molecular weight excluding hydrogens is 228 g/mol. The molecule has 2 nitrogen and oxygen atoms in total. The molecule has 1 aliphatic rings. The Hall–Kier alpha value is -1.27. The van der Waals surface area contributed by atoms with Crippen LogP contribution in [0.5, 0.6) is 0 Å². The predicted molar refractivity (Wildman–Crippen MR) is 71.1 cm³/mol. The number of aryl methyl sites for hydroxylation is 2. The minimum Gasteiger partial charge on any atom is -0.245 e. The third-order valence-corrected chi connectivity index (χ3v) is 3.96. The summed E-state index contributed by atoms with van der Waals surface area (Å²) in [5.74, 6) is 0.806. The van der Waals surface area contributed by atoms with E-state index in [-0.39, 0.29) is 0 Å². The molecule has 1 heterocycles. The zero-order chi connectivity index (χ0) is 12.1. The topological polar surface area (TPSA) is 36.7 Å². The molecule has 17 heavy (non-hydrogen) atoms. The summed E-state index contributed by atoms with van der Waals surface area (Å²) in [6.07, 6.45) is 7.69. The van der Waals surface area contributed by atoms with Gasteiger partial charge in [-0.25, -0.2) is 4.98 Å². The van der Waals surface area contributed by atoms with E-state index in [9.17, 15) is 0 Å². The maximum atomic E-state index is 9.16. The summed E-state index contributed by atoms with van der Waals surface area (Å²) in [5, 5.41) is 10.0. The van der Waals surface area contributed by atoms with Crippen LogP contribution in [0, 0.1) is 11.3 Å². The lowest BCUT2D eigenvalue weighted by molar-refractivity contribution is 0.707. The first kappa shape index (κ1) is 12.2. The first-order chi connectivity index (χ1) is 8.35. The van der Waals surface area contributed by atoms with Crippen molar-refractivity contribution in [1.29, 1.82) is 5.26 Å². The van der Waals surface area contributed by atoms with Crippen LogP contribution in [-0.2, 0) is 12.8 Å². The van der Waals surface area contributed by atoms with Crippen molar-refractivity contribution in [3.05, 3.63) is 35.5 Å². The van der Waals surface area contributed by atoms with Crippen molar-refractivity contribution < 1.29 is 0 Å². The summed E-state index contributed by atoms with van der Waals surface area (Å²) in [7, 11) is 0. The zero-order valence-electron chi connectivity index (χ0n) is 9.91. The van der Waals surface area contributed by atoms with Crippen molar-refractivity contribution >= 4 is 11.8 Å². The molecule has 0 saturated heterocycles. The lowest BCUT2D eigenvalue weighted by atomic mass is 10.1. The number of hydrogen-bond donors (Lipinski definition) is 0. The summed E-state index contributed by atoms with van der Waals surface area (Å²) in [6, 6.07) is 4.30. The van der Waals surface area contributed by atoms with Crippen molar-refractivity contribution in [2.75, 3.05) is 5.75 Å². The third-order valence-electron chi connectivity index (χ3n) is 2.97. The summed E-state index contributed by atoms with van der Waals surface area (Å²) in [4.78, 5) is 4.67. The highest BCUT2D eigenvalue weighted by atomic mass is 32.2. The number of fused-ring (bicyclic) bond motifs is 1. The molecule has 1 aromatic rings. The Balaban J connectivity index is 2.35. The fourth-order valence-corrected chi connectivity index (χ4v) is 2.83. The molecule has 0 fully saturated rings. The smallest absolute Gasteiger partial charge is 0.114 e. The minimum atomic E-state index is 0.720. The summed E-state index contributed by atoms with van der Waals surface area (Å²) in [6.45, 7) is 3.70. The first-order valence-corrected chi connectivity index (χ1v) is 7.00. The van der Waals surface area contributed by atoms with Gasteiger partial charge in [-0.15, -0.1) is 18.3 Å². The fraction of sp³-hybridized carbons (Fsp3) is 0.429. The van der Waals surface area contributed by atoms with Crippen LogP contribution in [0.15, 0.2) is 23.7 Å². The number of pyridine rings is 1. The van der Waals surface area contributed by atoms with Gasteiger partial charge in [-0.2, -0.15) is 5.26 Å². The van der Waals surface area contributed by atoms with Crippen molar-refractivity contribution in [1.82, 2.24) is 4.98 Å². The molecule has 0 aromatic carbocycles. The van der Waals surface area contributed by atoms with E-state index in [1.54, 1.807) is 11.8 Å². The van der Waals surface area contributed by atoms with Gasteiger partial charge >= 0.3 is 0 Å². The Bertz CT molecular complexity index is 460. The highest BCUT2D eigenvalue weighted by molar-refractivity contribution is 7.99. The van der Waals surface area contributed by atoms with Gasteiger partial charge in [0.15, 0.2) is 0 Å². The molecule has 0 saturated carbocycles. The number of hydrogen-bond acceptors (Lipinski definition) is 3. The van der Waals surface area contributed by atoms with Gasteiger partial charge in [0.1, 0.15) is 11.1 Å². The second-order valence-electron chi connectivity index (χ2n) is 4.22. The van der Waals surface area contributed by atoms with Gasteiger partial charge in [-0.1, -0.05) is 12.5 Å². The summed E-state index contributed by atoms with van der Waals surface area (Å²) in [5.41, 5.74) is 3.20. The van der Waals surface area contributed by atoms with Crippen LogP contribution in [0.2, 0.25) is 0 Å². The van der Waals surface area contributed by atoms with E-state index in [4.69, 9.17) is 5.26 Å². The molecule has 88 valence electrons. The Morgan fingerprint density at radius 1 is 1.41 bits per heavy atom. The highest BCUT2D eigenvalue weighted by Gasteiger charge is 2.14. The molecule has 1 aromatic heterocycles. The lowest BCUT2D eigenvalue weighted by Gasteiger charge is -2.08. The molecule has 0 spiro atoms. The lowest BCUT2D eigenvalue weighted by Crippen LogP contribution is -2.00. The van der Waals surface area contributed by atoms with Gasteiger partial charge < -0.3 is 0 Å². The Labute approximate surface area is 107 Å². The molecule has 3 heteroatoms. The normalized spacial score (nSPS) is 14.5. The van der Waals surface area contributed by atoms with E-state index in [0.29, 0.717) is 0 Å². The van der Waals surface area contributed by atoms with Gasteiger partial charge in [0.2, 0.25) is 0 Å². The van der Waals surface area contributed by atoms with Gasteiger partial charge in [0.25, 0.3) is 0 Å². The maximum absolute atomic E-state index is 9.16. The minimum absolute atomic E-state index is 0.720. The summed E-state index contributed by atoms with van der Waals surface area (Å²) < 4.78 is 0. The van der Waals surface area contributed by atoms with Crippen LogP contribution >= 0.6 is 11.8 Å². The monoisotopic (exact) mass is 244 g/mol. The van der Waals surface area contributed by atoms with Crippen molar-refractivity contribution in [2.24, 2.45) is 0 Å². The van der Waals surface area contributed by atoms with Gasteiger partial charge in [0.05, 0.1) is 5.56 Å². The predicted octanol–water partition coefficient (Wildman–Crippen LogP) is 3.50. The van der Waals surface area contributed by atoms with E-state index in [0.717, 1.165) is 29.2 Å². The molecule has 0 atom stereocenters. The summed E-state index contributed by atoms with van der Waals surface area (Å²) >= 11 is 1.60. The standard InChI is InChI=1S/C14H16N2S/c1-2-8-17-14-12(10-15)9-11-6-4-3-5-7-13(11)16-14/h2,9H,1,3-8H2. The number of rotatable bonds is 3. The first-order valence-electron chi connectivity index (χ1n) is 6.01. The Kier molecular flexibility index (Phi) is 4.22. The molecule has 2 rings (SSSR count). The third kappa shape index (κ3) is 2.89. The zero-order valence-corrected chi connectivity index (χ0v) is 10.7. The van der Waals surface area contributed by atoms with E-state index < -0.39 is 0 Å². The van der Waals surface area contributed by atoms with Crippen LogP contribution in [0.25, 0.3) is 0 Å². The van der Waals surface area contributed by atoms with Crippen LogP contribution in [0.4, 0.5) is 0 Å². The van der Waals surface area contributed by atoms with E-state index in [1.807, 2.05) is 12.1 Å². The molecule has 0 bridgehead atoms. The average Bonchev–Trinajstić information content (AvgIpc) is 2.59. The largest absolute Gasteiger partial charge is 0.245 e. The fourth-order valence-electron chi connectivity index (χ4n) is 2.12. The molecule has 0 radical (unpaired) electrons. The highest BCUT2D eigenvalue weighted by Crippen LogP contribution is 2.26. The van der Waals surface area contributed by atoms with Crippen LogP contribution in [0.1, 0.15) is 36.1 Å². The Morgan fingerprint density at radius 2 is 2.24 bits per heavy atom. The number of nitrogens with zero attached hydrogens (tertiary/aromatic N) is 2. The van der Waals surface area contributed by atoms with Crippen molar-refractivity contribution in [3.8, 4) is 6.07 Å². The van der Waals surface area contributed by atoms with Crippen molar-refractivity contribution in [3.63, 3.8) is 0 Å². The molecular formula is C14H16N2S. The molecule has 1 aliphatic carbocycles. The van der Waals surface area contributed by atoms with Crippen LogP contribution < -0.4 is 0 Å². The van der Waals surface area contributed by atoms with E-state index in [2.05, 4.69) is 17.6 Å². The number of nitriles is 1. The SMILES string of the molecule is C=CCSc1nc2c(cc1C#N)CCCCC2. The molecule has 0 aliphatic heterocycles. The van der Waals surface area contributed by atoms with Gasteiger partial charge in [-0.05, 0) is 37.3 Å². The van der Waals surface area contributed by atoms with Crippen molar-refractivity contribution in [2.45, 2.75) is 37.1 Å². The molecule has 0 unspecified atom stereocenters. The van der Waals surface area contributed by atoms with Gasteiger partial charge in [0, 0.05) is 11.4 Å². The quantitative estimate of drug-likeness (QED) is 0.464. The second kappa shape index (κ2) is 5.88. The van der Waals surface area contributed by atoms with E-state index in [1.165, 1.54) is 30.5 Å². The number of thioether (sulfide) groups is 1. The average molecular weight is 244 g/mol. The number of aromatic nitrogens is 1. The van der Waals surface area contributed by atoms with Crippen LogP contribution in [-0.4, -0.2) is 10.7 Å². The molecule has 0 N–H and O–H groups in total. The van der Waals surface area contributed by atoms with Crippen LogP contribution in [0.3, 0.4) is 0 Å².